The minimum absolute atomic E-state index is 0.165. The normalized spacial score (nSPS) is 10.5. The molecule has 0 atom stereocenters. The number of nitrogens with zero attached hydrogens (tertiary/aromatic N) is 4. The number of benzene rings is 2. The predicted molar refractivity (Wildman–Crippen MR) is 90.2 cm³/mol. The van der Waals surface area contributed by atoms with Gasteiger partial charge in [-0.1, -0.05) is 30.3 Å². The average molecular weight is 340 g/mol. The number of hydrogen-bond acceptors (Lipinski definition) is 4. The van der Waals surface area contributed by atoms with Gasteiger partial charge in [0.25, 0.3) is 5.91 Å². The van der Waals surface area contributed by atoms with Gasteiger partial charge in [0.05, 0.1) is 18.4 Å². The number of likely N-dealkylation sites (N-methyl/N-ethyl adjacent to an activating group) is 1. The van der Waals surface area contributed by atoms with E-state index in [-0.39, 0.29) is 24.0 Å². The largest absolute Gasteiger partial charge is 0.489 e. The van der Waals surface area contributed by atoms with E-state index in [0.29, 0.717) is 6.54 Å². The average Bonchev–Trinajstić information content (AvgIpc) is 3.13. The van der Waals surface area contributed by atoms with Crippen LogP contribution in [-0.2, 0) is 0 Å². The van der Waals surface area contributed by atoms with Crippen LogP contribution in [0.3, 0.4) is 0 Å². The summed E-state index contributed by atoms with van der Waals surface area (Å²) in [4.78, 5) is 15.2. The fourth-order valence-electron chi connectivity index (χ4n) is 2.20. The second kappa shape index (κ2) is 7.57. The van der Waals surface area contributed by atoms with Crippen LogP contribution in [0.15, 0.2) is 60.8 Å². The lowest BCUT2D eigenvalue weighted by Gasteiger charge is -2.16. The van der Waals surface area contributed by atoms with Crippen LogP contribution < -0.4 is 4.74 Å². The molecule has 1 amide bonds. The minimum Gasteiger partial charge on any atom is -0.489 e. The summed E-state index contributed by atoms with van der Waals surface area (Å²) in [5.41, 5.74) is 1.00. The van der Waals surface area contributed by atoms with E-state index in [2.05, 4.69) is 10.2 Å². The molecule has 0 fully saturated rings. The highest BCUT2D eigenvalue weighted by Gasteiger charge is 2.16. The van der Waals surface area contributed by atoms with Gasteiger partial charge in [0.1, 0.15) is 6.61 Å². The van der Waals surface area contributed by atoms with E-state index in [1.54, 1.807) is 25.2 Å². The van der Waals surface area contributed by atoms with Crippen LogP contribution >= 0.6 is 0 Å². The fraction of sp³-hybridized carbons (Fsp3) is 0.167. The monoisotopic (exact) mass is 340 g/mol. The lowest BCUT2D eigenvalue weighted by atomic mass is 10.3. The molecule has 0 saturated carbocycles. The van der Waals surface area contributed by atoms with Crippen molar-refractivity contribution in [2.75, 3.05) is 20.2 Å². The molecule has 0 aliphatic rings. The van der Waals surface area contributed by atoms with Gasteiger partial charge in [0, 0.05) is 7.05 Å². The maximum absolute atomic E-state index is 13.5. The van der Waals surface area contributed by atoms with Gasteiger partial charge in [-0.25, -0.2) is 4.39 Å². The van der Waals surface area contributed by atoms with Crippen LogP contribution in [0, 0.1) is 5.82 Å². The van der Waals surface area contributed by atoms with E-state index >= 15 is 0 Å². The van der Waals surface area contributed by atoms with Crippen molar-refractivity contribution in [3.8, 4) is 11.4 Å². The van der Waals surface area contributed by atoms with Crippen molar-refractivity contribution in [2.45, 2.75) is 0 Å². The molecule has 0 N–H and O–H groups in total. The molecule has 0 bridgehead atoms. The number of hydrogen-bond donors (Lipinski definition) is 0. The first-order valence-electron chi connectivity index (χ1n) is 7.76. The summed E-state index contributed by atoms with van der Waals surface area (Å²) in [6, 6.07) is 15.5. The summed E-state index contributed by atoms with van der Waals surface area (Å²) in [5, 5.41) is 8.30. The molecule has 0 radical (unpaired) electrons. The molecule has 128 valence electrons. The van der Waals surface area contributed by atoms with Crippen molar-refractivity contribution in [3.63, 3.8) is 0 Å². The van der Waals surface area contributed by atoms with Crippen molar-refractivity contribution in [3.05, 3.63) is 72.3 Å². The number of rotatable bonds is 6. The molecule has 0 aliphatic carbocycles. The van der Waals surface area contributed by atoms with Gasteiger partial charge in [0.2, 0.25) is 0 Å². The molecule has 0 unspecified atom stereocenters. The zero-order chi connectivity index (χ0) is 17.6. The quantitative estimate of drug-likeness (QED) is 0.692. The van der Waals surface area contributed by atoms with Crippen LogP contribution in [0.2, 0.25) is 0 Å². The minimum atomic E-state index is -0.428. The molecule has 0 aliphatic heterocycles. The molecule has 1 aromatic heterocycles. The Bertz CT molecular complexity index is 851. The topological polar surface area (TPSA) is 60.2 Å². The summed E-state index contributed by atoms with van der Waals surface area (Å²) in [5.74, 6) is -0.542. The Kier molecular flexibility index (Phi) is 5.03. The van der Waals surface area contributed by atoms with E-state index in [1.165, 1.54) is 22.0 Å². The van der Waals surface area contributed by atoms with Crippen molar-refractivity contribution in [1.29, 1.82) is 0 Å². The highest BCUT2D eigenvalue weighted by atomic mass is 19.1. The Balaban J connectivity index is 1.57. The molecule has 6 nitrogen and oxygen atoms in total. The summed E-state index contributed by atoms with van der Waals surface area (Å²) in [7, 11) is 1.63. The Morgan fingerprint density at radius 2 is 1.88 bits per heavy atom. The molecule has 7 heteroatoms. The molecule has 0 spiro atoms. The van der Waals surface area contributed by atoms with E-state index in [0.717, 1.165) is 5.69 Å². The SMILES string of the molecule is CN(CCOc1ccccc1F)C(=O)c1cnn(-c2ccccc2)n1. The highest BCUT2D eigenvalue weighted by molar-refractivity contribution is 5.91. The van der Waals surface area contributed by atoms with Gasteiger partial charge < -0.3 is 9.64 Å². The molecule has 1 heterocycles. The first-order chi connectivity index (χ1) is 12.1. The highest BCUT2D eigenvalue weighted by Crippen LogP contribution is 2.15. The second-order valence-corrected chi connectivity index (χ2v) is 5.36. The smallest absolute Gasteiger partial charge is 0.275 e. The molecule has 2 aromatic carbocycles. The lowest BCUT2D eigenvalue weighted by molar-refractivity contribution is 0.0766. The lowest BCUT2D eigenvalue weighted by Crippen LogP contribution is -2.31. The second-order valence-electron chi connectivity index (χ2n) is 5.36. The maximum Gasteiger partial charge on any atom is 0.275 e. The number of carbonyl (C=O) groups is 1. The van der Waals surface area contributed by atoms with Crippen LogP contribution in [0.5, 0.6) is 5.75 Å². The molecular weight excluding hydrogens is 323 g/mol. The third kappa shape index (κ3) is 4.00. The first kappa shape index (κ1) is 16.6. The zero-order valence-electron chi connectivity index (χ0n) is 13.7. The van der Waals surface area contributed by atoms with Crippen molar-refractivity contribution in [1.82, 2.24) is 19.9 Å². The number of ether oxygens (including phenoxy) is 1. The van der Waals surface area contributed by atoms with Gasteiger partial charge in [-0.3, -0.25) is 4.79 Å². The van der Waals surface area contributed by atoms with Gasteiger partial charge in [-0.15, -0.1) is 5.10 Å². The number of carbonyl (C=O) groups excluding carboxylic acids is 1. The third-order valence-electron chi connectivity index (χ3n) is 3.57. The van der Waals surface area contributed by atoms with Crippen LogP contribution in [0.1, 0.15) is 10.5 Å². The Morgan fingerprint density at radius 1 is 1.16 bits per heavy atom. The van der Waals surface area contributed by atoms with Gasteiger partial charge >= 0.3 is 0 Å². The van der Waals surface area contributed by atoms with Crippen LogP contribution in [0.4, 0.5) is 4.39 Å². The number of aromatic nitrogens is 3. The summed E-state index contributed by atoms with van der Waals surface area (Å²) >= 11 is 0. The van der Waals surface area contributed by atoms with E-state index < -0.39 is 5.82 Å². The molecular formula is C18H17FN4O2. The first-order valence-corrected chi connectivity index (χ1v) is 7.76. The Hall–Kier alpha value is -3.22. The fourth-order valence-corrected chi connectivity index (χ4v) is 2.20. The van der Waals surface area contributed by atoms with Crippen LogP contribution in [-0.4, -0.2) is 46.0 Å². The van der Waals surface area contributed by atoms with E-state index in [4.69, 9.17) is 4.74 Å². The molecule has 3 rings (SSSR count). The number of para-hydroxylation sites is 2. The summed E-state index contributed by atoms with van der Waals surface area (Å²) < 4.78 is 18.8. The third-order valence-corrected chi connectivity index (χ3v) is 3.57. The van der Waals surface area contributed by atoms with Crippen molar-refractivity contribution >= 4 is 5.91 Å². The molecule has 0 saturated heterocycles. The number of halogens is 1. The van der Waals surface area contributed by atoms with E-state index in [9.17, 15) is 9.18 Å². The predicted octanol–water partition coefficient (Wildman–Crippen LogP) is 2.56. The number of amides is 1. The summed E-state index contributed by atoms with van der Waals surface area (Å²) in [6.07, 6.45) is 1.42. The van der Waals surface area contributed by atoms with Gasteiger partial charge in [-0.2, -0.15) is 9.90 Å². The van der Waals surface area contributed by atoms with Gasteiger partial charge in [-0.05, 0) is 24.3 Å². The van der Waals surface area contributed by atoms with E-state index in [1.807, 2.05) is 30.3 Å². The van der Waals surface area contributed by atoms with Crippen molar-refractivity contribution in [2.24, 2.45) is 0 Å². The van der Waals surface area contributed by atoms with Gasteiger partial charge in [0.15, 0.2) is 17.3 Å². The molecule has 25 heavy (non-hydrogen) atoms. The zero-order valence-corrected chi connectivity index (χ0v) is 13.7. The summed E-state index contributed by atoms with van der Waals surface area (Å²) in [6.45, 7) is 0.474. The van der Waals surface area contributed by atoms with Crippen LogP contribution in [0.25, 0.3) is 5.69 Å². The standard InChI is InChI=1S/C18H17FN4O2/c1-22(11-12-25-17-10-6-5-9-15(17)19)18(24)16-13-20-23(21-16)14-7-3-2-4-8-14/h2-10,13H,11-12H2,1H3. The Morgan fingerprint density at radius 3 is 2.64 bits per heavy atom. The molecule has 3 aromatic rings. The maximum atomic E-state index is 13.5. The van der Waals surface area contributed by atoms with Crippen molar-refractivity contribution < 1.29 is 13.9 Å². The Labute approximate surface area is 144 Å².